The molecular formula is C12H14N4O. The van der Waals surface area contributed by atoms with Crippen LogP contribution in [0.25, 0.3) is 5.69 Å². The quantitative estimate of drug-likeness (QED) is 0.811. The lowest BCUT2D eigenvalue weighted by molar-refractivity contribution is 0.0999. The summed E-state index contributed by atoms with van der Waals surface area (Å²) >= 11 is 0. The van der Waals surface area contributed by atoms with Gasteiger partial charge in [-0.25, -0.2) is 4.98 Å². The fourth-order valence-corrected chi connectivity index (χ4v) is 1.72. The van der Waals surface area contributed by atoms with Crippen molar-refractivity contribution in [2.24, 2.45) is 5.73 Å². The van der Waals surface area contributed by atoms with Gasteiger partial charge in [-0.2, -0.15) is 0 Å². The number of benzene rings is 1. The zero-order chi connectivity index (χ0) is 12.6. The molecule has 0 saturated heterocycles. The molecule has 5 heteroatoms. The SMILES string of the molecule is Cc1cc(-n2cnc(N)c2)cc(C(N)=O)c1C. The Labute approximate surface area is 99.1 Å². The van der Waals surface area contributed by atoms with Gasteiger partial charge in [0.1, 0.15) is 12.1 Å². The van der Waals surface area contributed by atoms with Crippen molar-refractivity contribution in [2.45, 2.75) is 13.8 Å². The zero-order valence-corrected chi connectivity index (χ0v) is 9.77. The highest BCUT2D eigenvalue weighted by molar-refractivity contribution is 5.95. The highest BCUT2D eigenvalue weighted by Gasteiger charge is 2.10. The highest BCUT2D eigenvalue weighted by Crippen LogP contribution is 2.19. The maximum Gasteiger partial charge on any atom is 0.249 e. The largest absolute Gasteiger partial charge is 0.382 e. The number of nitrogens with zero attached hydrogens (tertiary/aromatic N) is 2. The van der Waals surface area contributed by atoms with E-state index in [9.17, 15) is 4.79 Å². The molecule has 1 heterocycles. The molecule has 0 aliphatic rings. The first kappa shape index (κ1) is 11.2. The van der Waals surface area contributed by atoms with Gasteiger partial charge in [-0.15, -0.1) is 0 Å². The number of nitrogens with two attached hydrogens (primary N) is 2. The van der Waals surface area contributed by atoms with Crippen LogP contribution in [-0.4, -0.2) is 15.5 Å². The molecule has 88 valence electrons. The Hall–Kier alpha value is -2.30. The first-order valence-corrected chi connectivity index (χ1v) is 5.20. The minimum Gasteiger partial charge on any atom is -0.382 e. The minimum atomic E-state index is -0.430. The molecule has 0 unspecified atom stereocenters. The van der Waals surface area contributed by atoms with Gasteiger partial charge in [-0.3, -0.25) is 4.79 Å². The van der Waals surface area contributed by atoms with Crippen LogP contribution in [0.5, 0.6) is 0 Å². The number of imidazole rings is 1. The summed E-state index contributed by atoms with van der Waals surface area (Å²) in [5.74, 6) is 0.00407. The van der Waals surface area contributed by atoms with Gasteiger partial charge in [0, 0.05) is 11.3 Å². The normalized spacial score (nSPS) is 10.5. The predicted molar refractivity (Wildman–Crippen MR) is 66.0 cm³/mol. The number of hydrogen-bond acceptors (Lipinski definition) is 3. The Kier molecular flexibility index (Phi) is 2.59. The fraction of sp³-hybridized carbons (Fsp3) is 0.167. The highest BCUT2D eigenvalue weighted by atomic mass is 16.1. The Morgan fingerprint density at radius 1 is 1.35 bits per heavy atom. The second-order valence-corrected chi connectivity index (χ2v) is 4.01. The van der Waals surface area contributed by atoms with Gasteiger partial charge in [0.25, 0.3) is 0 Å². The molecule has 0 bridgehead atoms. The number of carbonyl (C=O) groups excluding carboxylic acids is 1. The molecule has 0 fully saturated rings. The molecule has 0 radical (unpaired) electrons. The Morgan fingerprint density at radius 3 is 2.59 bits per heavy atom. The Balaban J connectivity index is 2.60. The summed E-state index contributed by atoms with van der Waals surface area (Å²) in [7, 11) is 0. The van der Waals surface area contributed by atoms with Crippen LogP contribution in [0, 0.1) is 13.8 Å². The van der Waals surface area contributed by atoms with Crippen molar-refractivity contribution in [1.82, 2.24) is 9.55 Å². The third kappa shape index (κ3) is 1.99. The van der Waals surface area contributed by atoms with E-state index >= 15 is 0 Å². The van der Waals surface area contributed by atoms with Crippen LogP contribution < -0.4 is 11.5 Å². The van der Waals surface area contributed by atoms with Crippen molar-refractivity contribution < 1.29 is 4.79 Å². The molecule has 0 aliphatic carbocycles. The summed E-state index contributed by atoms with van der Waals surface area (Å²) in [6.45, 7) is 3.81. The summed E-state index contributed by atoms with van der Waals surface area (Å²) in [6.07, 6.45) is 3.29. The van der Waals surface area contributed by atoms with Gasteiger partial charge in [-0.1, -0.05) is 0 Å². The molecule has 1 amide bonds. The van der Waals surface area contributed by atoms with Crippen molar-refractivity contribution in [3.8, 4) is 5.69 Å². The van der Waals surface area contributed by atoms with Crippen LogP contribution in [0.3, 0.4) is 0 Å². The molecule has 5 nitrogen and oxygen atoms in total. The number of primary amides is 1. The van der Waals surface area contributed by atoms with E-state index in [-0.39, 0.29) is 0 Å². The van der Waals surface area contributed by atoms with Gasteiger partial charge in [0.05, 0.1) is 6.20 Å². The fourth-order valence-electron chi connectivity index (χ4n) is 1.72. The Bertz CT molecular complexity index is 586. The van der Waals surface area contributed by atoms with Crippen molar-refractivity contribution in [3.05, 3.63) is 41.3 Å². The van der Waals surface area contributed by atoms with Gasteiger partial charge >= 0.3 is 0 Å². The molecule has 1 aromatic carbocycles. The maximum atomic E-state index is 11.3. The zero-order valence-electron chi connectivity index (χ0n) is 9.77. The van der Waals surface area contributed by atoms with Crippen molar-refractivity contribution in [1.29, 1.82) is 0 Å². The van der Waals surface area contributed by atoms with Crippen LogP contribution in [0.15, 0.2) is 24.7 Å². The third-order valence-corrected chi connectivity index (χ3v) is 2.82. The predicted octanol–water partition coefficient (Wildman–Crippen LogP) is 1.17. The lowest BCUT2D eigenvalue weighted by Gasteiger charge is -2.10. The number of amides is 1. The average Bonchev–Trinajstić information content (AvgIpc) is 2.68. The van der Waals surface area contributed by atoms with Crippen molar-refractivity contribution in [3.63, 3.8) is 0 Å². The second-order valence-electron chi connectivity index (χ2n) is 4.01. The molecule has 4 N–H and O–H groups in total. The van der Waals surface area contributed by atoms with Gasteiger partial charge < -0.3 is 16.0 Å². The van der Waals surface area contributed by atoms with Crippen LogP contribution in [0.1, 0.15) is 21.5 Å². The van der Waals surface area contributed by atoms with Crippen LogP contribution in [0.4, 0.5) is 5.82 Å². The number of nitrogen functional groups attached to an aromatic ring is 1. The van der Waals surface area contributed by atoms with Crippen LogP contribution in [-0.2, 0) is 0 Å². The van der Waals surface area contributed by atoms with Crippen molar-refractivity contribution >= 4 is 11.7 Å². The number of carbonyl (C=O) groups is 1. The minimum absolute atomic E-state index is 0.430. The van der Waals surface area contributed by atoms with Gasteiger partial charge in [-0.05, 0) is 37.1 Å². The molecule has 0 saturated carbocycles. The first-order valence-electron chi connectivity index (χ1n) is 5.20. The van der Waals surface area contributed by atoms with E-state index in [0.717, 1.165) is 16.8 Å². The molecule has 1 aromatic heterocycles. The van der Waals surface area contributed by atoms with E-state index in [2.05, 4.69) is 4.98 Å². The van der Waals surface area contributed by atoms with E-state index in [1.165, 1.54) is 0 Å². The molecule has 0 spiro atoms. The number of anilines is 1. The summed E-state index contributed by atoms with van der Waals surface area (Å²) in [6, 6.07) is 3.70. The number of aromatic nitrogens is 2. The molecular weight excluding hydrogens is 216 g/mol. The molecule has 2 aromatic rings. The van der Waals surface area contributed by atoms with E-state index in [1.807, 2.05) is 19.9 Å². The van der Waals surface area contributed by atoms with Crippen LogP contribution >= 0.6 is 0 Å². The van der Waals surface area contributed by atoms with Crippen molar-refractivity contribution in [2.75, 3.05) is 5.73 Å². The maximum absolute atomic E-state index is 11.3. The third-order valence-electron chi connectivity index (χ3n) is 2.82. The van der Waals surface area contributed by atoms with Gasteiger partial charge in [0.15, 0.2) is 0 Å². The monoisotopic (exact) mass is 230 g/mol. The van der Waals surface area contributed by atoms with Gasteiger partial charge in [0.2, 0.25) is 5.91 Å². The summed E-state index contributed by atoms with van der Waals surface area (Å²) in [5.41, 5.74) is 14.2. The number of rotatable bonds is 2. The lowest BCUT2D eigenvalue weighted by atomic mass is 10.0. The summed E-state index contributed by atoms with van der Waals surface area (Å²) < 4.78 is 1.76. The summed E-state index contributed by atoms with van der Waals surface area (Å²) in [4.78, 5) is 15.3. The molecule has 17 heavy (non-hydrogen) atoms. The smallest absolute Gasteiger partial charge is 0.249 e. The number of hydrogen-bond donors (Lipinski definition) is 2. The topological polar surface area (TPSA) is 86.9 Å². The van der Waals surface area contributed by atoms with E-state index in [1.54, 1.807) is 23.2 Å². The average molecular weight is 230 g/mol. The Morgan fingerprint density at radius 2 is 2.06 bits per heavy atom. The van der Waals surface area contributed by atoms with E-state index in [0.29, 0.717) is 11.4 Å². The van der Waals surface area contributed by atoms with E-state index in [4.69, 9.17) is 11.5 Å². The lowest BCUT2D eigenvalue weighted by Crippen LogP contribution is -2.14. The van der Waals surface area contributed by atoms with E-state index < -0.39 is 5.91 Å². The molecule has 0 aliphatic heterocycles. The van der Waals surface area contributed by atoms with Crippen LogP contribution in [0.2, 0.25) is 0 Å². The molecule has 0 atom stereocenters. The number of aryl methyl sites for hydroxylation is 1. The summed E-state index contributed by atoms with van der Waals surface area (Å²) in [5, 5.41) is 0. The first-order chi connectivity index (χ1) is 7.99. The molecule has 2 rings (SSSR count). The second kappa shape index (κ2) is 3.93. The standard InChI is InChI=1S/C12H14N4O/c1-7-3-9(16-5-11(13)15-6-16)4-10(8(7)2)12(14)17/h3-6H,13H2,1-2H3,(H2,14,17).